The third kappa shape index (κ3) is 8.58. The Labute approximate surface area is 170 Å². The van der Waals surface area contributed by atoms with Gasteiger partial charge >= 0.3 is 0 Å². The molecular formula is C20H31NO5SSi. The third-order valence-corrected chi connectivity index (χ3v) is 6.29. The van der Waals surface area contributed by atoms with Gasteiger partial charge in [-0.25, -0.2) is 8.42 Å². The molecule has 8 heteroatoms. The van der Waals surface area contributed by atoms with E-state index in [2.05, 4.69) is 31.1 Å². The molecule has 0 aliphatic heterocycles. The normalized spacial score (nSPS) is 12.2. The quantitative estimate of drug-likeness (QED) is 0.250. The van der Waals surface area contributed by atoms with Gasteiger partial charge in [0.25, 0.3) is 10.0 Å². The summed E-state index contributed by atoms with van der Waals surface area (Å²) in [6.07, 6.45) is 2.43. The monoisotopic (exact) mass is 425 g/mol. The minimum Gasteiger partial charge on any atom is -0.365 e. The van der Waals surface area contributed by atoms with Gasteiger partial charge in [-0.3, -0.25) is 4.31 Å². The van der Waals surface area contributed by atoms with E-state index in [1.54, 1.807) is 30.3 Å². The first-order chi connectivity index (χ1) is 13.1. The molecule has 0 fully saturated rings. The van der Waals surface area contributed by atoms with E-state index in [-0.39, 0.29) is 18.0 Å². The van der Waals surface area contributed by atoms with Crippen LogP contribution in [-0.2, 0) is 24.2 Å². The molecule has 0 heterocycles. The summed E-state index contributed by atoms with van der Waals surface area (Å²) >= 11 is 0. The van der Waals surface area contributed by atoms with Gasteiger partial charge in [0.05, 0.1) is 18.0 Å². The molecule has 0 saturated carbocycles. The smallest absolute Gasteiger partial charge is 0.263 e. The SMILES string of the molecule is COC(CN(/C=C/COCC#C[Si](C)(C)C)S(=O)(=O)c1ccc(C)cc1)OC. The van der Waals surface area contributed by atoms with Crippen molar-refractivity contribution in [2.24, 2.45) is 0 Å². The maximum absolute atomic E-state index is 13.0. The number of methoxy groups -OCH3 is 2. The van der Waals surface area contributed by atoms with Crippen LogP contribution in [0, 0.1) is 18.4 Å². The first-order valence-electron chi connectivity index (χ1n) is 8.98. The second-order valence-electron chi connectivity index (χ2n) is 7.24. The van der Waals surface area contributed by atoms with E-state index in [0.717, 1.165) is 5.56 Å². The fourth-order valence-corrected chi connectivity index (χ4v) is 4.03. The minimum absolute atomic E-state index is 0.0230. The van der Waals surface area contributed by atoms with Gasteiger partial charge < -0.3 is 14.2 Å². The van der Waals surface area contributed by atoms with Crippen LogP contribution in [0.4, 0.5) is 0 Å². The molecule has 0 aliphatic carbocycles. The topological polar surface area (TPSA) is 65.1 Å². The molecule has 28 heavy (non-hydrogen) atoms. The predicted molar refractivity (Wildman–Crippen MR) is 114 cm³/mol. The molecule has 0 aromatic heterocycles. The molecule has 0 atom stereocenters. The number of aryl methyl sites for hydroxylation is 1. The Balaban J connectivity index is 2.87. The molecule has 0 saturated heterocycles. The lowest BCUT2D eigenvalue weighted by Crippen LogP contribution is -2.35. The zero-order valence-electron chi connectivity index (χ0n) is 17.6. The largest absolute Gasteiger partial charge is 0.365 e. The Morgan fingerprint density at radius 1 is 1.14 bits per heavy atom. The summed E-state index contributed by atoms with van der Waals surface area (Å²) in [7, 11) is -2.22. The van der Waals surface area contributed by atoms with Gasteiger partial charge in [-0.05, 0) is 25.1 Å². The van der Waals surface area contributed by atoms with Crippen molar-refractivity contribution in [3.63, 3.8) is 0 Å². The summed E-state index contributed by atoms with van der Waals surface area (Å²) in [6.45, 7) is 8.99. The van der Waals surface area contributed by atoms with Crippen LogP contribution in [-0.4, -0.2) is 61.1 Å². The molecule has 1 rings (SSSR count). The highest BCUT2D eigenvalue weighted by Gasteiger charge is 2.24. The van der Waals surface area contributed by atoms with E-state index in [9.17, 15) is 8.42 Å². The lowest BCUT2D eigenvalue weighted by molar-refractivity contribution is -0.105. The highest BCUT2D eigenvalue weighted by atomic mass is 32.2. The van der Waals surface area contributed by atoms with Gasteiger partial charge in [-0.15, -0.1) is 5.54 Å². The molecule has 0 N–H and O–H groups in total. The van der Waals surface area contributed by atoms with Gasteiger partial charge in [0.15, 0.2) is 6.29 Å². The Kier molecular flexibility index (Phi) is 9.93. The molecule has 6 nitrogen and oxygen atoms in total. The zero-order valence-corrected chi connectivity index (χ0v) is 19.4. The van der Waals surface area contributed by atoms with Gasteiger partial charge in [0.2, 0.25) is 0 Å². The number of hydrogen-bond acceptors (Lipinski definition) is 5. The van der Waals surface area contributed by atoms with E-state index < -0.39 is 24.4 Å². The van der Waals surface area contributed by atoms with Crippen molar-refractivity contribution >= 4 is 18.1 Å². The second-order valence-corrected chi connectivity index (χ2v) is 13.9. The average molecular weight is 426 g/mol. The first-order valence-corrected chi connectivity index (χ1v) is 13.9. The van der Waals surface area contributed by atoms with Crippen molar-refractivity contribution < 1.29 is 22.6 Å². The van der Waals surface area contributed by atoms with Crippen LogP contribution >= 0.6 is 0 Å². The molecule has 1 aromatic carbocycles. The van der Waals surface area contributed by atoms with E-state index in [0.29, 0.717) is 6.61 Å². The van der Waals surface area contributed by atoms with Crippen LogP contribution in [0.1, 0.15) is 5.56 Å². The maximum Gasteiger partial charge on any atom is 0.263 e. The van der Waals surface area contributed by atoms with Gasteiger partial charge in [0, 0.05) is 20.4 Å². The number of nitrogens with zero attached hydrogens (tertiary/aromatic N) is 1. The standard InChI is InChI=1S/C20H31NO5SSi/c1-18-9-11-19(12-10-18)27(22,23)21(17-20(24-2)25-3)13-7-14-26-15-8-16-28(4,5)6/h7,9-13,20H,14-15,17H2,1-6H3/b13-7+. The average Bonchev–Trinajstić information content (AvgIpc) is 2.62. The molecule has 0 spiro atoms. The molecule has 0 amide bonds. The molecule has 0 bridgehead atoms. The summed E-state index contributed by atoms with van der Waals surface area (Å²) in [6, 6.07) is 6.70. The van der Waals surface area contributed by atoms with Crippen molar-refractivity contribution in [2.75, 3.05) is 34.0 Å². The summed E-state index contributed by atoms with van der Waals surface area (Å²) in [4.78, 5) is 0.204. The Bertz CT molecular complexity index is 785. The molecule has 0 unspecified atom stereocenters. The Hall–Kier alpha value is -1.63. The highest BCUT2D eigenvalue weighted by molar-refractivity contribution is 7.89. The molecule has 1 aromatic rings. The first kappa shape index (κ1) is 24.4. The lowest BCUT2D eigenvalue weighted by atomic mass is 10.2. The zero-order chi connectivity index (χ0) is 21.2. The van der Waals surface area contributed by atoms with Crippen LogP contribution in [0.25, 0.3) is 0 Å². The van der Waals surface area contributed by atoms with E-state index in [4.69, 9.17) is 14.2 Å². The minimum atomic E-state index is -3.74. The number of rotatable bonds is 10. The molecule has 0 aliphatic rings. The fraction of sp³-hybridized carbons (Fsp3) is 0.500. The van der Waals surface area contributed by atoms with Crippen molar-refractivity contribution in [3.05, 3.63) is 42.1 Å². The Morgan fingerprint density at radius 2 is 1.75 bits per heavy atom. The van der Waals surface area contributed by atoms with Crippen molar-refractivity contribution in [1.29, 1.82) is 0 Å². The summed E-state index contributed by atoms with van der Waals surface area (Å²) in [5.74, 6) is 3.01. The molecular weight excluding hydrogens is 394 g/mol. The second kappa shape index (κ2) is 11.4. The summed E-state index contributed by atoms with van der Waals surface area (Å²) in [5.41, 5.74) is 4.20. The van der Waals surface area contributed by atoms with Crippen LogP contribution in [0.3, 0.4) is 0 Å². The van der Waals surface area contributed by atoms with Crippen LogP contribution in [0.2, 0.25) is 19.6 Å². The molecule has 0 radical (unpaired) electrons. The number of benzene rings is 1. The number of sulfonamides is 1. The van der Waals surface area contributed by atoms with E-state index in [1.165, 1.54) is 24.7 Å². The van der Waals surface area contributed by atoms with Crippen molar-refractivity contribution in [2.45, 2.75) is 37.8 Å². The Morgan fingerprint density at radius 3 is 2.29 bits per heavy atom. The lowest BCUT2D eigenvalue weighted by Gasteiger charge is -2.24. The fourth-order valence-electron chi connectivity index (χ4n) is 2.12. The van der Waals surface area contributed by atoms with Crippen LogP contribution in [0.5, 0.6) is 0 Å². The molecule has 156 valence electrons. The van der Waals surface area contributed by atoms with Gasteiger partial charge in [0.1, 0.15) is 14.7 Å². The highest BCUT2D eigenvalue weighted by Crippen LogP contribution is 2.18. The predicted octanol–water partition coefficient (Wildman–Crippen LogP) is 3.02. The number of ether oxygens (including phenoxy) is 3. The third-order valence-electron chi connectivity index (χ3n) is 3.61. The number of hydrogen-bond donors (Lipinski definition) is 0. The van der Waals surface area contributed by atoms with E-state index in [1.807, 2.05) is 6.92 Å². The van der Waals surface area contributed by atoms with E-state index >= 15 is 0 Å². The van der Waals surface area contributed by atoms with Crippen molar-refractivity contribution in [1.82, 2.24) is 4.31 Å². The van der Waals surface area contributed by atoms with Crippen LogP contribution < -0.4 is 0 Å². The van der Waals surface area contributed by atoms with Crippen LogP contribution in [0.15, 0.2) is 41.4 Å². The van der Waals surface area contributed by atoms with Gasteiger partial charge in [-0.1, -0.05) is 43.3 Å². The maximum atomic E-state index is 13.0. The van der Waals surface area contributed by atoms with Crippen molar-refractivity contribution in [3.8, 4) is 11.5 Å². The van der Waals surface area contributed by atoms with Gasteiger partial charge in [-0.2, -0.15) is 0 Å². The summed E-state index contributed by atoms with van der Waals surface area (Å²) in [5, 5.41) is 0. The summed E-state index contributed by atoms with van der Waals surface area (Å²) < 4.78 is 43.0.